The third kappa shape index (κ3) is 4.27. The first-order valence-electron chi connectivity index (χ1n) is 11.5. The van der Waals surface area contributed by atoms with Crippen molar-refractivity contribution in [1.82, 2.24) is 9.97 Å². The molecule has 9 heteroatoms. The summed E-state index contributed by atoms with van der Waals surface area (Å²) >= 11 is 0. The zero-order chi connectivity index (χ0) is 23.8. The third-order valence-corrected chi connectivity index (χ3v) is 7.19. The van der Waals surface area contributed by atoms with Gasteiger partial charge in [-0.15, -0.1) is 0 Å². The number of carbonyl (C=O) groups excluding carboxylic acids is 1. The number of carbonyl (C=O) groups is 1. The first-order valence-corrected chi connectivity index (χ1v) is 11.5. The second-order valence-electron chi connectivity index (χ2n) is 9.50. The molecule has 2 saturated heterocycles. The van der Waals surface area contributed by atoms with E-state index in [2.05, 4.69) is 36.6 Å². The highest BCUT2D eigenvalue weighted by Gasteiger charge is 2.46. The quantitative estimate of drug-likeness (QED) is 0.685. The number of hydrogen-bond acceptors (Lipinski definition) is 9. The molecule has 0 radical (unpaired) electrons. The van der Waals surface area contributed by atoms with Crippen molar-refractivity contribution in [3.63, 3.8) is 0 Å². The molecule has 0 aromatic carbocycles. The van der Waals surface area contributed by atoms with E-state index >= 15 is 0 Å². The molecule has 1 N–H and O–H groups in total. The molecule has 2 saturated carbocycles. The highest BCUT2D eigenvalue weighted by Crippen LogP contribution is 2.47. The average Bonchev–Trinajstić information content (AvgIpc) is 3.73. The van der Waals surface area contributed by atoms with E-state index in [-0.39, 0.29) is 6.61 Å². The number of aromatic nitrogens is 2. The monoisotopic (exact) mass is 458 g/mol. The van der Waals surface area contributed by atoms with Crippen LogP contribution in [0.4, 0.5) is 11.6 Å². The fraction of sp³-hybridized carbons (Fsp3) is 0.480. The average molecular weight is 459 g/mol. The standard InChI is InChI=1S/C13H13N3O2.C12H13N3O/c1-18-13(17)9-2-8(4-14)12(15-5-9)16-6-10-3-11(10)7-16;13-3-9-1-8(7-16)4-14-12(9)15-5-10-2-11(10)6-15/h2,5,10-11H,3,6-7H2,1H3;1,4,10-11,16H,2,5-7H2. The number of aliphatic hydroxyl groups is 1. The Morgan fingerprint density at radius 2 is 1.47 bits per heavy atom. The summed E-state index contributed by atoms with van der Waals surface area (Å²) in [6, 6.07) is 7.55. The molecule has 0 bridgehead atoms. The Bertz CT molecular complexity index is 1180. The molecule has 4 heterocycles. The lowest BCUT2D eigenvalue weighted by molar-refractivity contribution is 0.0600. The number of esters is 1. The summed E-state index contributed by atoms with van der Waals surface area (Å²) in [5, 5.41) is 27.2. The Kier molecular flexibility index (Phi) is 5.80. The Labute approximate surface area is 198 Å². The molecule has 4 atom stereocenters. The number of fused-ring (bicyclic) bond motifs is 2. The molecule has 2 aliphatic carbocycles. The fourth-order valence-corrected chi connectivity index (χ4v) is 5.09. The lowest BCUT2D eigenvalue weighted by atomic mass is 10.2. The molecule has 34 heavy (non-hydrogen) atoms. The lowest BCUT2D eigenvalue weighted by Gasteiger charge is -2.20. The lowest BCUT2D eigenvalue weighted by Crippen LogP contribution is -2.24. The molecule has 2 aromatic rings. The first kappa shape index (κ1) is 22.1. The molecule has 2 aromatic heterocycles. The zero-order valence-corrected chi connectivity index (χ0v) is 19.0. The van der Waals surface area contributed by atoms with Crippen LogP contribution in [-0.2, 0) is 11.3 Å². The molecule has 4 fully saturated rings. The van der Waals surface area contributed by atoms with Gasteiger partial charge in [0.05, 0.1) is 30.4 Å². The fourth-order valence-electron chi connectivity index (χ4n) is 5.09. The molecule has 4 aliphatic rings. The van der Waals surface area contributed by atoms with Gasteiger partial charge in [0.2, 0.25) is 0 Å². The number of rotatable bonds is 4. The van der Waals surface area contributed by atoms with E-state index in [1.54, 1.807) is 18.3 Å². The second-order valence-corrected chi connectivity index (χ2v) is 9.50. The van der Waals surface area contributed by atoms with Gasteiger partial charge in [0, 0.05) is 38.6 Å². The van der Waals surface area contributed by atoms with E-state index in [1.807, 2.05) is 0 Å². The molecule has 6 rings (SSSR count). The third-order valence-electron chi connectivity index (χ3n) is 7.19. The van der Waals surface area contributed by atoms with Crippen LogP contribution in [0.3, 0.4) is 0 Å². The van der Waals surface area contributed by atoms with Crippen LogP contribution < -0.4 is 9.80 Å². The maximum Gasteiger partial charge on any atom is 0.339 e. The Balaban J connectivity index is 0.000000142. The van der Waals surface area contributed by atoms with E-state index < -0.39 is 5.97 Å². The maximum absolute atomic E-state index is 11.4. The molecule has 0 spiro atoms. The van der Waals surface area contributed by atoms with Crippen molar-refractivity contribution in [3.05, 3.63) is 46.8 Å². The van der Waals surface area contributed by atoms with E-state index in [4.69, 9.17) is 15.6 Å². The van der Waals surface area contributed by atoms with Gasteiger partial charge in [-0.2, -0.15) is 10.5 Å². The normalized spacial score (nSPS) is 25.3. The van der Waals surface area contributed by atoms with Crippen LogP contribution >= 0.6 is 0 Å². The molecule has 9 nitrogen and oxygen atoms in total. The predicted molar refractivity (Wildman–Crippen MR) is 123 cm³/mol. The van der Waals surface area contributed by atoms with Crippen molar-refractivity contribution in [2.45, 2.75) is 19.4 Å². The maximum atomic E-state index is 11.4. The summed E-state index contributed by atoms with van der Waals surface area (Å²) < 4.78 is 4.62. The summed E-state index contributed by atoms with van der Waals surface area (Å²) in [6.45, 7) is 3.96. The van der Waals surface area contributed by atoms with E-state index in [0.717, 1.165) is 55.7 Å². The van der Waals surface area contributed by atoms with Crippen molar-refractivity contribution < 1.29 is 14.6 Å². The number of nitrogens with zero attached hydrogens (tertiary/aromatic N) is 6. The van der Waals surface area contributed by atoms with Crippen molar-refractivity contribution in [1.29, 1.82) is 10.5 Å². The summed E-state index contributed by atoms with van der Waals surface area (Å²) in [4.78, 5) is 24.3. The summed E-state index contributed by atoms with van der Waals surface area (Å²) in [5.74, 6) is 4.22. The largest absolute Gasteiger partial charge is 0.465 e. The summed E-state index contributed by atoms with van der Waals surface area (Å²) in [6.07, 6.45) is 5.78. The van der Waals surface area contributed by atoms with Crippen LogP contribution in [0.25, 0.3) is 0 Å². The Morgan fingerprint density at radius 3 is 1.94 bits per heavy atom. The van der Waals surface area contributed by atoms with Gasteiger partial charge in [-0.05, 0) is 54.2 Å². The highest BCUT2D eigenvalue weighted by molar-refractivity contribution is 5.89. The molecular formula is C25H26N6O3. The topological polar surface area (TPSA) is 126 Å². The van der Waals surface area contributed by atoms with Gasteiger partial charge < -0.3 is 19.6 Å². The number of hydrogen-bond donors (Lipinski definition) is 1. The van der Waals surface area contributed by atoms with Gasteiger partial charge in [0.1, 0.15) is 23.8 Å². The van der Waals surface area contributed by atoms with E-state index in [0.29, 0.717) is 28.1 Å². The van der Waals surface area contributed by atoms with E-state index in [1.165, 1.54) is 26.1 Å². The summed E-state index contributed by atoms with van der Waals surface area (Å²) in [5.41, 5.74) is 2.04. The first-order chi connectivity index (χ1) is 16.5. The number of pyridine rings is 2. The zero-order valence-electron chi connectivity index (χ0n) is 19.0. The number of ether oxygens (including phenoxy) is 1. The Morgan fingerprint density at radius 1 is 0.971 bits per heavy atom. The van der Waals surface area contributed by atoms with Crippen molar-refractivity contribution in [2.75, 3.05) is 43.1 Å². The summed E-state index contributed by atoms with van der Waals surface area (Å²) in [7, 11) is 1.32. The minimum atomic E-state index is -0.463. The van der Waals surface area contributed by atoms with Gasteiger partial charge in [-0.3, -0.25) is 0 Å². The van der Waals surface area contributed by atoms with E-state index in [9.17, 15) is 4.79 Å². The molecule has 4 unspecified atom stereocenters. The smallest absolute Gasteiger partial charge is 0.339 e. The van der Waals surface area contributed by atoms with Gasteiger partial charge in [-0.1, -0.05) is 0 Å². The van der Waals surface area contributed by atoms with Crippen LogP contribution in [0.2, 0.25) is 0 Å². The van der Waals surface area contributed by atoms with Gasteiger partial charge >= 0.3 is 5.97 Å². The molecule has 2 aliphatic heterocycles. The van der Waals surface area contributed by atoms with Crippen LogP contribution in [0.15, 0.2) is 24.5 Å². The van der Waals surface area contributed by atoms with Crippen molar-refractivity contribution >= 4 is 17.6 Å². The molecule has 174 valence electrons. The predicted octanol–water partition coefficient (Wildman–Crippen LogP) is 2.10. The molecule has 0 amide bonds. The number of piperidine rings is 2. The molecular weight excluding hydrogens is 432 g/mol. The van der Waals surface area contributed by atoms with Crippen LogP contribution in [0.5, 0.6) is 0 Å². The van der Waals surface area contributed by atoms with Gasteiger partial charge in [-0.25, -0.2) is 14.8 Å². The SMILES string of the molecule is COC(=O)c1cnc(N2CC3CC3C2)c(C#N)c1.N#Cc1cc(CO)cnc1N1CC2CC2C1. The number of methoxy groups -OCH3 is 1. The van der Waals surface area contributed by atoms with Crippen molar-refractivity contribution in [2.24, 2.45) is 23.7 Å². The van der Waals surface area contributed by atoms with Crippen LogP contribution in [0.1, 0.15) is 39.9 Å². The number of nitriles is 2. The minimum Gasteiger partial charge on any atom is -0.465 e. The van der Waals surface area contributed by atoms with Gasteiger partial charge in [0.25, 0.3) is 0 Å². The second kappa shape index (κ2) is 8.92. The van der Waals surface area contributed by atoms with Crippen molar-refractivity contribution in [3.8, 4) is 12.1 Å². The van der Waals surface area contributed by atoms with Crippen LogP contribution in [0, 0.1) is 46.3 Å². The Hall–Kier alpha value is -3.69. The van der Waals surface area contributed by atoms with Crippen LogP contribution in [-0.4, -0.2) is 54.3 Å². The number of aliphatic hydroxyl groups excluding tert-OH is 1. The van der Waals surface area contributed by atoms with Gasteiger partial charge in [0.15, 0.2) is 0 Å². The minimum absolute atomic E-state index is 0.0623. The number of anilines is 2. The highest BCUT2D eigenvalue weighted by atomic mass is 16.5.